The number of aliphatic carboxylic acids is 1. The number of nitrogens with zero attached hydrogens (tertiary/aromatic N) is 2. The van der Waals surface area contributed by atoms with E-state index in [4.69, 9.17) is 0 Å². The lowest BCUT2D eigenvalue weighted by atomic mass is 9.32. The number of amides is 1. The second kappa shape index (κ2) is 13.7. The van der Waals surface area contributed by atoms with Gasteiger partial charge in [0.15, 0.2) is 0 Å². The largest absolute Gasteiger partial charge is 0.481 e. The molecule has 0 aliphatic heterocycles. The van der Waals surface area contributed by atoms with E-state index in [1.807, 2.05) is 31.1 Å². The highest BCUT2D eigenvalue weighted by Crippen LogP contribution is 2.77. The number of hydrogen-bond acceptors (Lipinski definition) is 4. The standard InChI is InChI=1S/C45H66N2O5/c1-29(2)32-18-23-45(28-47(27-26-46(8)9)37(48)16-17-38(49)50)25-24-43(6)34(39(32)45)14-15-36-42(5)21-19-33(30-10-12-31(13-11-30)40(51)52)41(3,4)35(42)20-22-44(36,43)7/h10-13,19,32,34-36,39H,1,14-18,20-28H2,2-9H3,(H,49,50)(H,51,52)/t32-,34+,35-,36+,39+,42-,43+,44+,45?/m0/s1. The molecule has 0 aromatic heterocycles. The van der Waals surface area contributed by atoms with E-state index in [0.717, 1.165) is 44.3 Å². The van der Waals surface area contributed by atoms with Crippen LogP contribution in [-0.2, 0) is 9.59 Å². The minimum atomic E-state index is -0.913. The molecule has 1 unspecified atom stereocenters. The van der Waals surface area contributed by atoms with Gasteiger partial charge < -0.3 is 20.0 Å². The van der Waals surface area contributed by atoms with Gasteiger partial charge in [-0.05, 0) is 159 Å². The topological polar surface area (TPSA) is 98.2 Å². The Balaban J connectivity index is 1.32. The summed E-state index contributed by atoms with van der Waals surface area (Å²) >= 11 is 0. The summed E-state index contributed by atoms with van der Waals surface area (Å²) < 4.78 is 0. The number of fused-ring (bicyclic) bond motifs is 7. The van der Waals surface area contributed by atoms with Crippen molar-refractivity contribution in [3.63, 3.8) is 0 Å². The Labute approximate surface area is 313 Å². The molecule has 286 valence electrons. The summed E-state index contributed by atoms with van der Waals surface area (Å²) in [7, 11) is 4.08. The number of rotatable bonds is 11. The highest BCUT2D eigenvalue weighted by Gasteiger charge is 2.70. The van der Waals surface area contributed by atoms with Gasteiger partial charge in [-0.15, -0.1) is 0 Å². The molecule has 4 saturated carbocycles. The van der Waals surface area contributed by atoms with Gasteiger partial charge >= 0.3 is 11.9 Å². The summed E-state index contributed by atoms with van der Waals surface area (Å²) in [4.78, 5) is 40.9. The van der Waals surface area contributed by atoms with Crippen LogP contribution in [0.5, 0.6) is 0 Å². The van der Waals surface area contributed by atoms with Crippen molar-refractivity contribution in [1.29, 1.82) is 0 Å². The first-order valence-corrected chi connectivity index (χ1v) is 20.1. The van der Waals surface area contributed by atoms with E-state index >= 15 is 0 Å². The summed E-state index contributed by atoms with van der Waals surface area (Å²) in [5.41, 5.74) is 4.69. The Kier molecular flexibility index (Phi) is 10.2. The zero-order chi connectivity index (χ0) is 38.0. The molecule has 0 saturated heterocycles. The summed E-state index contributed by atoms with van der Waals surface area (Å²) in [6.45, 7) is 21.8. The third kappa shape index (κ3) is 6.19. The number of aromatic carboxylic acids is 1. The molecule has 0 bridgehead atoms. The van der Waals surface area contributed by atoms with Crippen molar-refractivity contribution in [3.8, 4) is 0 Å². The van der Waals surface area contributed by atoms with E-state index in [1.54, 1.807) is 12.1 Å². The first kappa shape index (κ1) is 38.8. The van der Waals surface area contributed by atoms with Crippen LogP contribution in [0.25, 0.3) is 5.57 Å². The predicted molar refractivity (Wildman–Crippen MR) is 208 cm³/mol. The van der Waals surface area contributed by atoms with Crippen LogP contribution in [0.2, 0.25) is 0 Å². The van der Waals surface area contributed by atoms with Crippen LogP contribution in [0.3, 0.4) is 0 Å². The van der Waals surface area contributed by atoms with Crippen molar-refractivity contribution in [2.24, 2.45) is 56.7 Å². The van der Waals surface area contributed by atoms with Crippen molar-refractivity contribution in [3.05, 3.63) is 53.6 Å². The maximum Gasteiger partial charge on any atom is 0.335 e. The minimum absolute atomic E-state index is 0.0171. The van der Waals surface area contributed by atoms with E-state index in [2.05, 4.69) is 59.1 Å². The molecule has 1 amide bonds. The van der Waals surface area contributed by atoms with E-state index in [1.165, 1.54) is 43.3 Å². The van der Waals surface area contributed by atoms with Crippen molar-refractivity contribution in [1.82, 2.24) is 9.80 Å². The lowest BCUT2D eigenvalue weighted by molar-refractivity contribution is -0.226. The van der Waals surface area contributed by atoms with Gasteiger partial charge in [0.25, 0.3) is 0 Å². The third-order valence-electron chi connectivity index (χ3n) is 16.5. The van der Waals surface area contributed by atoms with Gasteiger partial charge in [0, 0.05) is 26.1 Å². The van der Waals surface area contributed by atoms with Crippen molar-refractivity contribution < 1.29 is 24.6 Å². The van der Waals surface area contributed by atoms with Gasteiger partial charge in [-0.25, -0.2) is 4.79 Å². The van der Waals surface area contributed by atoms with E-state index in [-0.39, 0.29) is 45.8 Å². The quantitative estimate of drug-likeness (QED) is 0.222. The molecule has 1 aromatic rings. The Hall–Kier alpha value is -2.93. The monoisotopic (exact) mass is 714 g/mol. The summed E-state index contributed by atoms with van der Waals surface area (Å²) in [5.74, 6) is 0.824. The fourth-order valence-electron chi connectivity index (χ4n) is 13.8. The minimum Gasteiger partial charge on any atom is -0.481 e. The predicted octanol–water partition coefficient (Wildman–Crippen LogP) is 9.29. The van der Waals surface area contributed by atoms with Crippen LogP contribution in [0, 0.1) is 56.7 Å². The van der Waals surface area contributed by atoms with Crippen molar-refractivity contribution in [2.45, 2.75) is 112 Å². The average Bonchev–Trinajstić information content (AvgIpc) is 3.45. The molecule has 1 aromatic carbocycles. The first-order valence-electron chi connectivity index (χ1n) is 20.1. The van der Waals surface area contributed by atoms with Crippen molar-refractivity contribution in [2.75, 3.05) is 33.7 Å². The molecule has 2 N–H and O–H groups in total. The maximum atomic E-state index is 13.7. The molecule has 6 rings (SSSR count). The van der Waals surface area contributed by atoms with E-state index in [9.17, 15) is 24.6 Å². The number of benzene rings is 1. The Bertz CT molecular complexity index is 1610. The van der Waals surface area contributed by atoms with Gasteiger partial charge in [-0.1, -0.05) is 65.0 Å². The highest BCUT2D eigenvalue weighted by atomic mass is 16.4. The molecule has 5 aliphatic rings. The van der Waals surface area contributed by atoms with E-state index in [0.29, 0.717) is 41.7 Å². The lowest BCUT2D eigenvalue weighted by Crippen LogP contribution is -2.66. The molecule has 9 atom stereocenters. The number of carboxylic acids is 2. The molecule has 4 fully saturated rings. The zero-order valence-corrected chi connectivity index (χ0v) is 33.4. The SMILES string of the molecule is C=C(C)[C@@H]1CCC2(CN(CCN(C)C)C(=O)CCC(=O)O)CC[C@]3(C)[C@H](CC[C@@H]4[C@@]5(C)CC=C(c6ccc(C(=O)O)cc6)C(C)(C)[C@@H]5CC[C@]43C)[C@@H]12. The average molecular weight is 715 g/mol. The summed E-state index contributed by atoms with van der Waals surface area (Å²) in [5, 5.41) is 18.9. The molecule has 52 heavy (non-hydrogen) atoms. The fourth-order valence-corrected chi connectivity index (χ4v) is 13.8. The van der Waals surface area contributed by atoms with Gasteiger partial charge in [-0.2, -0.15) is 0 Å². The molecule has 0 radical (unpaired) electrons. The molecule has 7 nitrogen and oxygen atoms in total. The Morgan fingerprint density at radius 3 is 2.13 bits per heavy atom. The molecular weight excluding hydrogens is 649 g/mol. The summed E-state index contributed by atoms with van der Waals surface area (Å²) in [6.07, 6.45) is 12.9. The second-order valence-electron chi connectivity index (χ2n) is 19.5. The second-order valence-corrected chi connectivity index (χ2v) is 19.5. The van der Waals surface area contributed by atoms with Crippen LogP contribution in [0.1, 0.15) is 128 Å². The number of carbonyl (C=O) groups excluding carboxylic acids is 1. The van der Waals surface area contributed by atoms with Crippen LogP contribution < -0.4 is 0 Å². The zero-order valence-electron chi connectivity index (χ0n) is 33.4. The van der Waals surface area contributed by atoms with Crippen LogP contribution in [0.15, 0.2) is 42.5 Å². The van der Waals surface area contributed by atoms with Crippen LogP contribution in [-0.4, -0.2) is 71.6 Å². The van der Waals surface area contributed by atoms with Gasteiger partial charge in [0.1, 0.15) is 0 Å². The van der Waals surface area contributed by atoms with Crippen LogP contribution in [0.4, 0.5) is 0 Å². The van der Waals surface area contributed by atoms with Gasteiger partial charge in [-0.3, -0.25) is 9.59 Å². The fraction of sp³-hybridized carbons (Fsp3) is 0.711. The number of allylic oxidation sites excluding steroid dienone is 3. The smallest absolute Gasteiger partial charge is 0.335 e. The molecular formula is C45H66N2O5. The van der Waals surface area contributed by atoms with E-state index < -0.39 is 11.9 Å². The highest BCUT2D eigenvalue weighted by molar-refractivity contribution is 5.88. The summed E-state index contributed by atoms with van der Waals surface area (Å²) in [6, 6.07) is 7.52. The lowest BCUT2D eigenvalue weighted by Gasteiger charge is -2.72. The van der Waals surface area contributed by atoms with Crippen molar-refractivity contribution >= 4 is 23.4 Å². The van der Waals surface area contributed by atoms with Crippen LogP contribution >= 0.6 is 0 Å². The number of carboxylic acid groups (broad SMARTS) is 2. The Morgan fingerprint density at radius 1 is 0.827 bits per heavy atom. The number of hydrogen-bond donors (Lipinski definition) is 2. The molecule has 7 heteroatoms. The number of carbonyl (C=O) groups is 3. The van der Waals surface area contributed by atoms with Gasteiger partial charge in [0.2, 0.25) is 5.91 Å². The third-order valence-corrected chi connectivity index (χ3v) is 16.5. The molecule has 5 aliphatic carbocycles. The number of likely N-dealkylation sites (N-methyl/N-ethyl adjacent to an activating group) is 1. The van der Waals surface area contributed by atoms with Gasteiger partial charge in [0.05, 0.1) is 12.0 Å². The normalized spacial score (nSPS) is 37.6. The first-order chi connectivity index (χ1) is 24.3. The maximum absolute atomic E-state index is 13.7. The molecule has 0 heterocycles. The Morgan fingerprint density at radius 2 is 1.52 bits per heavy atom. The molecule has 0 spiro atoms.